The molecule has 3 atom stereocenters. The maximum Gasteiger partial charge on any atom is 0.422 e. The first-order valence-corrected chi connectivity index (χ1v) is 43.2. The highest BCUT2D eigenvalue weighted by atomic mass is 19.4. The molecule has 1 amide bonds. The number of aliphatic hydroxyl groups is 3. The predicted octanol–water partition coefficient (Wildman–Crippen LogP) is 16.6. The number of primary amides is 1. The highest BCUT2D eigenvalue weighted by molar-refractivity contribution is 6.00. The molecule has 3 heterocycles. The summed E-state index contributed by atoms with van der Waals surface area (Å²) < 4.78 is 170. The molecular formula is C96H117F9N8O14. The van der Waals surface area contributed by atoms with Gasteiger partial charge < -0.3 is 83.1 Å². The van der Waals surface area contributed by atoms with Crippen LogP contribution in [0.2, 0.25) is 0 Å². The Balaban J connectivity index is 0.000000218. The van der Waals surface area contributed by atoms with Crippen LogP contribution in [-0.2, 0) is 38.5 Å². The molecule has 0 saturated carbocycles. The number of ether oxygens (including phenoxy) is 10. The van der Waals surface area contributed by atoms with Crippen molar-refractivity contribution in [1.82, 2.24) is 9.80 Å². The molecule has 0 bridgehead atoms. The summed E-state index contributed by atoms with van der Waals surface area (Å²) in [6.07, 6.45) is -5.12. The van der Waals surface area contributed by atoms with Crippen molar-refractivity contribution in [2.75, 3.05) is 166 Å². The van der Waals surface area contributed by atoms with Crippen LogP contribution < -0.4 is 67.8 Å². The van der Waals surface area contributed by atoms with E-state index in [-0.39, 0.29) is 73.9 Å². The topological polar surface area (TPSA) is 260 Å². The SMILES string of the molecule is CCOc1ccccc1OCCN(CCOc1ccccc1OCC(F)(F)F)[C@H](C)Cc1cc(C#N)c2c(c1)CCN2CCCO.CCOc1ccccc1OCCN(CCOc1ccccc1OCC(F)(F)F)[C@H](C)Cc1cc2c(c(C(N)=O)c1)N(CCCO)CC2.C[C@@H](CCCOc1ccccc1OCC(F)(F)F)Cc1cc(C#N)c2c(c1)CCN2CCCO. The van der Waals surface area contributed by atoms with Crippen molar-refractivity contribution >= 4 is 23.0 Å². The van der Waals surface area contributed by atoms with Crippen molar-refractivity contribution in [3.05, 3.63) is 208 Å². The van der Waals surface area contributed by atoms with Gasteiger partial charge in [-0.1, -0.05) is 85.8 Å². The Labute approximate surface area is 737 Å². The first kappa shape index (κ1) is 99.6. The van der Waals surface area contributed by atoms with E-state index < -0.39 is 44.3 Å². The van der Waals surface area contributed by atoms with Crippen LogP contribution in [0, 0.1) is 28.6 Å². The lowest BCUT2D eigenvalue weighted by atomic mass is 9.93. The number of para-hydroxylation sites is 10. The number of amides is 1. The number of halogens is 9. The summed E-state index contributed by atoms with van der Waals surface area (Å²) in [4.78, 5) is 23.4. The van der Waals surface area contributed by atoms with Gasteiger partial charge in [-0.2, -0.15) is 50.0 Å². The lowest BCUT2D eigenvalue weighted by Gasteiger charge is -2.30. The van der Waals surface area contributed by atoms with Gasteiger partial charge in [0.1, 0.15) is 38.6 Å². The molecule has 3 aliphatic heterocycles. The number of carbonyl (C=O) groups excluding carboxylic acids is 1. The molecule has 0 spiro atoms. The van der Waals surface area contributed by atoms with E-state index in [4.69, 9.17) is 58.2 Å². The van der Waals surface area contributed by atoms with Gasteiger partial charge in [0.05, 0.1) is 53.6 Å². The summed E-state index contributed by atoms with van der Waals surface area (Å²) in [5, 5.41) is 47.4. The zero-order chi connectivity index (χ0) is 91.3. The highest BCUT2D eigenvalue weighted by Crippen LogP contribution is 2.40. The van der Waals surface area contributed by atoms with Crippen LogP contribution in [0.1, 0.15) is 122 Å². The van der Waals surface area contributed by atoms with Gasteiger partial charge in [0.15, 0.2) is 77.3 Å². The molecule has 0 saturated heterocycles. The number of aliphatic hydroxyl groups excluding tert-OH is 3. The number of anilines is 3. The number of carbonyl (C=O) groups is 1. The van der Waals surface area contributed by atoms with Crippen LogP contribution in [0.3, 0.4) is 0 Å². The van der Waals surface area contributed by atoms with Gasteiger partial charge in [0.25, 0.3) is 5.91 Å². The third-order valence-corrected chi connectivity index (χ3v) is 21.5. The summed E-state index contributed by atoms with van der Waals surface area (Å²) in [6, 6.07) is 50.9. The molecule has 22 nitrogen and oxygen atoms in total. The van der Waals surface area contributed by atoms with Crippen LogP contribution in [0.25, 0.3) is 0 Å². The molecule has 127 heavy (non-hydrogen) atoms. The van der Waals surface area contributed by atoms with Gasteiger partial charge in [-0.3, -0.25) is 14.6 Å². The van der Waals surface area contributed by atoms with Gasteiger partial charge in [-0.25, -0.2) is 0 Å². The van der Waals surface area contributed by atoms with Crippen molar-refractivity contribution in [1.29, 1.82) is 10.5 Å². The van der Waals surface area contributed by atoms with E-state index in [9.17, 15) is 65.0 Å². The van der Waals surface area contributed by atoms with Crippen molar-refractivity contribution in [3.63, 3.8) is 0 Å². The highest BCUT2D eigenvalue weighted by Gasteiger charge is 2.34. The van der Waals surface area contributed by atoms with Crippen LogP contribution >= 0.6 is 0 Å². The van der Waals surface area contributed by atoms with E-state index in [1.165, 1.54) is 23.8 Å². The molecule has 688 valence electrons. The molecule has 0 radical (unpaired) electrons. The number of nitrogens with zero attached hydrogens (tertiary/aromatic N) is 7. The minimum absolute atomic E-state index is 0.0162. The zero-order valence-corrected chi connectivity index (χ0v) is 72.7. The molecule has 0 aliphatic carbocycles. The van der Waals surface area contributed by atoms with E-state index in [0.29, 0.717) is 156 Å². The summed E-state index contributed by atoms with van der Waals surface area (Å²) in [5.41, 5.74) is 17.0. The minimum Gasteiger partial charge on any atom is -0.490 e. The summed E-state index contributed by atoms with van der Waals surface area (Å²) in [6.45, 7) is 15.3. The molecule has 11 rings (SSSR count). The maximum absolute atomic E-state index is 12.8. The molecule has 0 fully saturated rings. The molecular weight excluding hydrogens is 1660 g/mol. The Kier molecular flexibility index (Phi) is 39.5. The van der Waals surface area contributed by atoms with Crippen LogP contribution in [0.5, 0.6) is 57.5 Å². The Morgan fingerprint density at radius 1 is 0.409 bits per heavy atom. The van der Waals surface area contributed by atoms with Gasteiger partial charge >= 0.3 is 18.5 Å². The first-order valence-electron chi connectivity index (χ1n) is 43.2. The Hall–Kier alpha value is -11.2. The normalized spacial score (nSPS) is 13.5. The molecule has 0 aromatic heterocycles. The second-order valence-electron chi connectivity index (χ2n) is 31.2. The van der Waals surface area contributed by atoms with Crippen LogP contribution in [0.15, 0.2) is 158 Å². The summed E-state index contributed by atoms with van der Waals surface area (Å²) >= 11 is 0. The summed E-state index contributed by atoms with van der Waals surface area (Å²) in [5.74, 6) is 3.36. The van der Waals surface area contributed by atoms with E-state index in [1.54, 1.807) is 54.6 Å². The van der Waals surface area contributed by atoms with Gasteiger partial charge in [-0.15, -0.1) is 0 Å². The zero-order valence-electron chi connectivity index (χ0n) is 72.7. The smallest absolute Gasteiger partial charge is 0.422 e. The fraction of sp³-hybridized carbons (Fsp3) is 0.469. The third-order valence-electron chi connectivity index (χ3n) is 21.5. The van der Waals surface area contributed by atoms with Gasteiger partial charge in [0.2, 0.25) is 0 Å². The number of hydrogen-bond donors (Lipinski definition) is 4. The molecule has 31 heteroatoms. The van der Waals surface area contributed by atoms with Gasteiger partial charge in [0, 0.05) is 97.4 Å². The largest absolute Gasteiger partial charge is 0.490 e. The number of alkyl halides is 9. The Bertz CT molecular complexity index is 4820. The number of benzene rings is 8. The summed E-state index contributed by atoms with van der Waals surface area (Å²) in [7, 11) is 0. The monoisotopic (exact) mass is 1780 g/mol. The lowest BCUT2D eigenvalue weighted by Crippen LogP contribution is -2.40. The van der Waals surface area contributed by atoms with Crippen molar-refractivity contribution in [2.45, 2.75) is 136 Å². The fourth-order valence-electron chi connectivity index (χ4n) is 15.7. The van der Waals surface area contributed by atoms with E-state index in [0.717, 1.165) is 110 Å². The molecule has 8 aromatic carbocycles. The molecule has 8 aromatic rings. The van der Waals surface area contributed by atoms with E-state index in [1.807, 2.05) is 80.6 Å². The first-order chi connectivity index (χ1) is 61.1. The minimum atomic E-state index is -4.47. The second kappa shape index (κ2) is 50.4. The number of nitrogens with two attached hydrogens (primary N) is 1. The van der Waals surface area contributed by atoms with Crippen molar-refractivity contribution in [3.8, 4) is 69.6 Å². The Morgan fingerprint density at radius 2 is 0.693 bits per heavy atom. The number of hydrogen-bond acceptors (Lipinski definition) is 21. The molecule has 5 N–H and O–H groups in total. The van der Waals surface area contributed by atoms with Crippen molar-refractivity contribution in [2.24, 2.45) is 11.7 Å². The maximum atomic E-state index is 12.8. The fourth-order valence-corrected chi connectivity index (χ4v) is 15.7. The predicted molar refractivity (Wildman–Crippen MR) is 468 cm³/mol. The van der Waals surface area contributed by atoms with Crippen molar-refractivity contribution < 1.29 is 107 Å². The molecule has 3 aliphatic rings. The standard InChI is InChI=1S/C35H44F3N3O6.C35H42F3N3O5.C26H31F3N2O3/c1-3-44-29-9-4-5-10-30(29)45-19-16-40(17-20-46-31-11-6-7-12-32(31)47-24-35(36,37)38)25(2)21-26-22-27-13-15-41(14-8-18-42)33(27)28(23-26)34(39)43;1-3-43-30-9-4-5-10-31(30)44-19-16-40(17-20-45-32-11-6-7-12-33(32)46-25-35(36,37)38)26(2)21-27-22-28-13-15-41(14-8-18-42)34(28)29(23-27)24-39;1-19(6-4-13-33-23-7-2-3-8-24(23)34-18-26(27,28)29)14-20-15-21-9-11-31(10-5-12-32)25(21)22(16-20)17-30/h4-7,9-12,22-23,25,42H,3,8,13-21,24H2,1-2H3,(H2,39,43);4-7,9-12,22-23,26,42H,3,8,13-21,25H2,1-2H3;2-3,7-8,15-16,19,32H,4-6,9-14,18H2,1H3/t25-;26-;19-/m110/s1. The average molecular weight is 1780 g/mol. The second-order valence-corrected chi connectivity index (χ2v) is 31.2. The third kappa shape index (κ3) is 31.9. The average Bonchev–Trinajstić information content (AvgIpc) is 1.67. The van der Waals surface area contributed by atoms with E-state index in [2.05, 4.69) is 75.6 Å². The van der Waals surface area contributed by atoms with Gasteiger partial charge in [-0.05, 0) is 216 Å². The quantitative estimate of drug-likeness (QED) is 0.0204. The number of fused-ring (bicyclic) bond motifs is 3. The molecule has 0 unspecified atom stereocenters. The van der Waals surface area contributed by atoms with Crippen LogP contribution in [0.4, 0.5) is 56.6 Å². The Morgan fingerprint density at radius 3 is 0.992 bits per heavy atom. The number of rotatable bonds is 49. The van der Waals surface area contributed by atoms with Crippen LogP contribution in [-0.4, -0.2) is 213 Å². The lowest BCUT2D eigenvalue weighted by molar-refractivity contribution is -0.154. The van der Waals surface area contributed by atoms with E-state index >= 15 is 0 Å². The number of nitriles is 2.